The molecule has 0 aliphatic carbocycles. The highest BCUT2D eigenvalue weighted by Gasteiger charge is 2.22. The highest BCUT2D eigenvalue weighted by molar-refractivity contribution is 7.89. The first-order chi connectivity index (χ1) is 10.8. The van der Waals surface area contributed by atoms with Crippen molar-refractivity contribution in [3.8, 4) is 0 Å². The molecule has 0 bridgehead atoms. The second-order valence-corrected chi connectivity index (χ2v) is 7.86. The second kappa shape index (κ2) is 7.42. The molecule has 0 unspecified atom stereocenters. The van der Waals surface area contributed by atoms with E-state index in [-0.39, 0.29) is 29.5 Å². The Morgan fingerprint density at radius 3 is 2.74 bits per heavy atom. The number of hydrogen-bond donors (Lipinski definition) is 2. The zero-order valence-electron chi connectivity index (χ0n) is 13.8. The predicted molar refractivity (Wildman–Crippen MR) is 87.9 cm³/mol. The van der Waals surface area contributed by atoms with Crippen LogP contribution >= 0.6 is 0 Å². The van der Waals surface area contributed by atoms with E-state index in [0.717, 1.165) is 18.4 Å². The molecule has 128 valence electrons. The summed E-state index contributed by atoms with van der Waals surface area (Å²) < 4.78 is 32.8. The molecule has 2 rings (SSSR count). The first-order valence-electron chi connectivity index (χ1n) is 7.82. The third-order valence-electron chi connectivity index (χ3n) is 3.71. The van der Waals surface area contributed by atoms with E-state index in [4.69, 9.17) is 4.74 Å². The van der Waals surface area contributed by atoms with Crippen molar-refractivity contribution in [2.75, 3.05) is 13.2 Å². The van der Waals surface area contributed by atoms with Gasteiger partial charge in [-0.15, -0.1) is 0 Å². The monoisotopic (exact) mass is 340 g/mol. The third-order valence-corrected chi connectivity index (χ3v) is 5.13. The van der Waals surface area contributed by atoms with Crippen LogP contribution in [0.3, 0.4) is 0 Å². The number of nitrogens with one attached hydrogen (secondary N) is 2. The Bertz CT molecular complexity index is 665. The van der Waals surface area contributed by atoms with Crippen molar-refractivity contribution >= 4 is 15.9 Å². The minimum absolute atomic E-state index is 0.0141. The van der Waals surface area contributed by atoms with Gasteiger partial charge in [0.25, 0.3) is 5.91 Å². The highest BCUT2D eigenvalue weighted by atomic mass is 32.2. The largest absolute Gasteiger partial charge is 0.377 e. The Morgan fingerprint density at radius 2 is 2.13 bits per heavy atom. The van der Waals surface area contributed by atoms with Crippen molar-refractivity contribution in [1.82, 2.24) is 10.0 Å². The molecule has 23 heavy (non-hydrogen) atoms. The first kappa shape index (κ1) is 17.9. The number of carbonyl (C=O) groups excluding carboxylic acids is 1. The molecule has 1 amide bonds. The molecule has 1 aromatic rings. The number of benzene rings is 1. The van der Waals surface area contributed by atoms with Crippen LogP contribution in [0.15, 0.2) is 23.1 Å². The summed E-state index contributed by atoms with van der Waals surface area (Å²) in [4.78, 5) is 12.3. The van der Waals surface area contributed by atoms with Gasteiger partial charge in [-0.3, -0.25) is 4.79 Å². The molecule has 7 heteroatoms. The molecule has 1 aliphatic heterocycles. The average molecular weight is 340 g/mol. The molecule has 1 saturated heterocycles. The van der Waals surface area contributed by atoms with Crippen molar-refractivity contribution in [2.45, 2.75) is 50.7 Å². The number of hydrogen-bond acceptors (Lipinski definition) is 4. The van der Waals surface area contributed by atoms with Gasteiger partial charge in [0.1, 0.15) is 0 Å². The number of sulfonamides is 1. The molecule has 0 radical (unpaired) electrons. The molecule has 0 spiro atoms. The molecule has 0 saturated carbocycles. The summed E-state index contributed by atoms with van der Waals surface area (Å²) in [6.07, 6.45) is 1.74. The van der Waals surface area contributed by atoms with Crippen LogP contribution in [0, 0.1) is 6.92 Å². The predicted octanol–water partition coefficient (Wildman–Crippen LogP) is 1.59. The first-order valence-corrected chi connectivity index (χ1v) is 9.30. The highest BCUT2D eigenvalue weighted by Crippen LogP contribution is 2.17. The van der Waals surface area contributed by atoms with E-state index < -0.39 is 10.0 Å². The Kier molecular flexibility index (Phi) is 5.78. The molecule has 1 aromatic carbocycles. The lowest BCUT2D eigenvalue weighted by Gasteiger charge is -2.14. The van der Waals surface area contributed by atoms with Gasteiger partial charge in [-0.2, -0.15) is 0 Å². The van der Waals surface area contributed by atoms with Gasteiger partial charge in [-0.05, 0) is 51.3 Å². The summed E-state index contributed by atoms with van der Waals surface area (Å²) in [5.41, 5.74) is 1.11. The van der Waals surface area contributed by atoms with Crippen LogP contribution in [0.2, 0.25) is 0 Å². The van der Waals surface area contributed by atoms with Crippen LogP contribution in [-0.4, -0.2) is 39.6 Å². The van der Waals surface area contributed by atoms with Crippen molar-refractivity contribution in [1.29, 1.82) is 0 Å². The SMILES string of the molecule is Cc1ccc(S(=O)(=O)NC[C@H]2CCCO2)cc1C(=O)NC(C)C. The van der Waals surface area contributed by atoms with E-state index in [0.29, 0.717) is 12.2 Å². The minimum Gasteiger partial charge on any atom is -0.377 e. The van der Waals surface area contributed by atoms with Gasteiger partial charge in [0.05, 0.1) is 11.0 Å². The van der Waals surface area contributed by atoms with E-state index in [1.54, 1.807) is 13.0 Å². The summed E-state index contributed by atoms with van der Waals surface area (Å²) in [5.74, 6) is -0.270. The zero-order chi connectivity index (χ0) is 17.0. The van der Waals surface area contributed by atoms with Gasteiger partial charge in [0.15, 0.2) is 0 Å². The van der Waals surface area contributed by atoms with Crippen LogP contribution in [0.1, 0.15) is 42.6 Å². The summed E-state index contributed by atoms with van der Waals surface area (Å²) >= 11 is 0. The third kappa shape index (κ3) is 4.76. The maximum absolute atomic E-state index is 12.4. The molecule has 1 heterocycles. The topological polar surface area (TPSA) is 84.5 Å². The Labute approximate surface area is 137 Å². The summed E-state index contributed by atoms with van der Waals surface area (Å²) in [5, 5.41) is 2.78. The molecule has 0 aromatic heterocycles. The molecule has 1 aliphatic rings. The quantitative estimate of drug-likeness (QED) is 0.824. The summed E-state index contributed by atoms with van der Waals surface area (Å²) in [6.45, 7) is 6.43. The van der Waals surface area contributed by atoms with Gasteiger partial charge in [0.2, 0.25) is 10.0 Å². The van der Waals surface area contributed by atoms with Crippen LogP contribution in [0.25, 0.3) is 0 Å². The number of ether oxygens (including phenoxy) is 1. The summed E-state index contributed by atoms with van der Waals surface area (Å²) in [6, 6.07) is 4.57. The Hall–Kier alpha value is -1.44. The number of rotatable bonds is 6. The van der Waals surface area contributed by atoms with Crippen molar-refractivity contribution < 1.29 is 17.9 Å². The standard InChI is InChI=1S/C16H24N2O4S/c1-11(2)18-16(19)15-9-14(7-6-12(15)3)23(20,21)17-10-13-5-4-8-22-13/h6-7,9,11,13,17H,4-5,8,10H2,1-3H3,(H,18,19)/t13-/m1/s1. The average Bonchev–Trinajstić information content (AvgIpc) is 2.98. The molecule has 6 nitrogen and oxygen atoms in total. The van der Waals surface area contributed by atoms with Crippen molar-refractivity contribution in [3.63, 3.8) is 0 Å². The lowest BCUT2D eigenvalue weighted by Crippen LogP contribution is -2.33. The maximum atomic E-state index is 12.4. The van der Waals surface area contributed by atoms with Gasteiger partial charge in [0, 0.05) is 24.8 Å². The van der Waals surface area contributed by atoms with Crippen LogP contribution in [0.5, 0.6) is 0 Å². The fourth-order valence-electron chi connectivity index (χ4n) is 2.44. The normalized spacial score (nSPS) is 18.3. The number of aryl methyl sites for hydroxylation is 1. The molecular formula is C16H24N2O4S. The van der Waals surface area contributed by atoms with E-state index >= 15 is 0 Å². The molecule has 1 fully saturated rings. The minimum atomic E-state index is -3.66. The fraction of sp³-hybridized carbons (Fsp3) is 0.562. The number of carbonyl (C=O) groups is 1. The van der Waals surface area contributed by atoms with E-state index in [9.17, 15) is 13.2 Å². The van der Waals surface area contributed by atoms with Crippen molar-refractivity contribution in [3.05, 3.63) is 29.3 Å². The second-order valence-electron chi connectivity index (χ2n) is 6.09. The molecular weight excluding hydrogens is 316 g/mol. The van der Waals surface area contributed by atoms with Gasteiger partial charge < -0.3 is 10.1 Å². The number of amides is 1. The van der Waals surface area contributed by atoms with Crippen LogP contribution in [0.4, 0.5) is 0 Å². The lowest BCUT2D eigenvalue weighted by atomic mass is 10.1. The molecule has 2 N–H and O–H groups in total. The van der Waals surface area contributed by atoms with E-state index in [1.165, 1.54) is 12.1 Å². The van der Waals surface area contributed by atoms with Gasteiger partial charge >= 0.3 is 0 Å². The van der Waals surface area contributed by atoms with Gasteiger partial charge in [-0.1, -0.05) is 6.07 Å². The van der Waals surface area contributed by atoms with Crippen LogP contribution < -0.4 is 10.0 Å². The maximum Gasteiger partial charge on any atom is 0.251 e. The van der Waals surface area contributed by atoms with Gasteiger partial charge in [-0.25, -0.2) is 13.1 Å². The van der Waals surface area contributed by atoms with E-state index in [1.807, 2.05) is 13.8 Å². The smallest absolute Gasteiger partial charge is 0.251 e. The van der Waals surface area contributed by atoms with Crippen LogP contribution in [-0.2, 0) is 14.8 Å². The summed E-state index contributed by atoms with van der Waals surface area (Å²) in [7, 11) is -3.66. The Morgan fingerprint density at radius 1 is 1.39 bits per heavy atom. The molecule has 1 atom stereocenters. The van der Waals surface area contributed by atoms with Crippen molar-refractivity contribution in [2.24, 2.45) is 0 Å². The zero-order valence-corrected chi connectivity index (χ0v) is 14.6. The van der Waals surface area contributed by atoms with E-state index in [2.05, 4.69) is 10.0 Å². The lowest BCUT2D eigenvalue weighted by molar-refractivity contribution is 0.0942. The Balaban J connectivity index is 2.16. The fourth-order valence-corrected chi connectivity index (χ4v) is 3.54.